The highest BCUT2D eigenvalue weighted by Gasteiger charge is 2.46. The van der Waals surface area contributed by atoms with Crippen LogP contribution in [0, 0.1) is 11.8 Å². The molecule has 19 heavy (non-hydrogen) atoms. The van der Waals surface area contributed by atoms with Gasteiger partial charge in [0.15, 0.2) is 0 Å². The van der Waals surface area contributed by atoms with Crippen molar-refractivity contribution in [1.29, 1.82) is 0 Å². The zero-order valence-electron chi connectivity index (χ0n) is 12.3. The number of rotatable bonds is 6. The summed E-state index contributed by atoms with van der Waals surface area (Å²) in [4.78, 5) is 13.6. The summed E-state index contributed by atoms with van der Waals surface area (Å²) in [6.07, 6.45) is 3.97. The number of carboxylic acids is 1. The normalized spacial score (nSPS) is 31.5. The van der Waals surface area contributed by atoms with Crippen molar-refractivity contribution >= 4 is 12.9 Å². The van der Waals surface area contributed by atoms with E-state index in [1.165, 1.54) is 0 Å². The Kier molecular flexibility index (Phi) is 5.83. The third-order valence-electron chi connectivity index (χ3n) is 4.25. The Morgan fingerprint density at radius 3 is 2.58 bits per heavy atom. The maximum atomic E-state index is 11.6. The molecule has 110 valence electrons. The van der Waals surface area contributed by atoms with Crippen molar-refractivity contribution < 1.29 is 14.9 Å². The van der Waals surface area contributed by atoms with Gasteiger partial charge in [-0.3, -0.25) is 4.79 Å². The van der Waals surface area contributed by atoms with Crippen LogP contribution in [-0.2, 0) is 4.79 Å². The largest absolute Gasteiger partial charge is 0.480 e. The molecule has 3 atom stereocenters. The van der Waals surface area contributed by atoms with Crippen LogP contribution in [0.2, 0.25) is 13.1 Å². The van der Waals surface area contributed by atoms with Crippen molar-refractivity contribution in [3.05, 3.63) is 0 Å². The molecule has 6 heteroatoms. The number of nitrogens with zero attached hydrogens (tertiary/aromatic N) is 1. The van der Waals surface area contributed by atoms with Gasteiger partial charge in [-0.15, -0.1) is 0 Å². The molecule has 0 heterocycles. The Morgan fingerprint density at radius 1 is 1.47 bits per heavy atom. The molecule has 0 aliphatic heterocycles. The van der Waals surface area contributed by atoms with Crippen molar-refractivity contribution in [3.63, 3.8) is 0 Å². The summed E-state index contributed by atoms with van der Waals surface area (Å²) in [6.45, 7) is 2.16. The first-order chi connectivity index (χ1) is 8.75. The van der Waals surface area contributed by atoms with Crippen molar-refractivity contribution in [3.8, 4) is 0 Å². The Morgan fingerprint density at radius 2 is 2.11 bits per heavy atom. The van der Waals surface area contributed by atoms with Crippen LogP contribution in [0.25, 0.3) is 0 Å². The van der Waals surface area contributed by atoms with E-state index in [2.05, 4.69) is 0 Å². The van der Waals surface area contributed by atoms with Crippen LogP contribution in [-0.4, -0.2) is 54.1 Å². The maximum absolute atomic E-state index is 11.6. The first-order valence-corrected chi connectivity index (χ1v) is 7.10. The van der Waals surface area contributed by atoms with E-state index < -0.39 is 11.5 Å². The molecule has 4 N–H and O–H groups in total. The van der Waals surface area contributed by atoms with Gasteiger partial charge in [-0.25, -0.2) is 0 Å². The van der Waals surface area contributed by atoms with Crippen LogP contribution in [0.15, 0.2) is 0 Å². The SMILES string of the molecule is CB(O)CC[C@@H]1CC[C@@H](CN(C)C)[C@@](N)(C(=O)O)C1. The molecule has 1 aliphatic carbocycles. The zero-order chi connectivity index (χ0) is 14.6. The Bertz CT molecular complexity index is 312. The highest BCUT2D eigenvalue weighted by atomic mass is 16.4. The van der Waals surface area contributed by atoms with Gasteiger partial charge in [0.05, 0.1) is 0 Å². The lowest BCUT2D eigenvalue weighted by atomic mass is 9.62. The topological polar surface area (TPSA) is 86.8 Å². The first kappa shape index (κ1) is 16.5. The first-order valence-electron chi connectivity index (χ1n) is 7.10. The second-order valence-corrected chi connectivity index (χ2v) is 6.38. The lowest BCUT2D eigenvalue weighted by Crippen LogP contribution is -2.59. The fourth-order valence-electron chi connectivity index (χ4n) is 3.12. The summed E-state index contributed by atoms with van der Waals surface area (Å²) < 4.78 is 0. The molecule has 0 aromatic carbocycles. The van der Waals surface area contributed by atoms with E-state index in [1.54, 1.807) is 6.82 Å². The average molecular weight is 270 g/mol. The van der Waals surface area contributed by atoms with Crippen LogP contribution in [0.4, 0.5) is 0 Å². The van der Waals surface area contributed by atoms with E-state index in [0.717, 1.165) is 25.6 Å². The van der Waals surface area contributed by atoms with Gasteiger partial charge in [-0.05, 0) is 45.6 Å². The summed E-state index contributed by atoms with van der Waals surface area (Å²) in [5, 5.41) is 18.8. The Labute approximate surface area is 116 Å². The minimum atomic E-state index is -1.12. The Balaban J connectivity index is 2.69. The van der Waals surface area contributed by atoms with Crippen LogP contribution in [0.5, 0.6) is 0 Å². The van der Waals surface area contributed by atoms with Crippen LogP contribution in [0.1, 0.15) is 25.7 Å². The van der Waals surface area contributed by atoms with E-state index >= 15 is 0 Å². The van der Waals surface area contributed by atoms with Crippen molar-refractivity contribution in [1.82, 2.24) is 4.90 Å². The number of nitrogens with two attached hydrogens (primary N) is 1. The second-order valence-electron chi connectivity index (χ2n) is 6.38. The van der Waals surface area contributed by atoms with Gasteiger partial charge in [-0.2, -0.15) is 0 Å². The molecule has 0 radical (unpaired) electrons. The van der Waals surface area contributed by atoms with Crippen LogP contribution < -0.4 is 5.73 Å². The van der Waals surface area contributed by atoms with Gasteiger partial charge < -0.3 is 20.8 Å². The predicted octanol–water partition coefficient (Wildman–Crippen LogP) is 0.750. The number of aliphatic carboxylic acids is 1. The summed E-state index contributed by atoms with van der Waals surface area (Å²) in [5.74, 6) is -0.571. The predicted molar refractivity (Wildman–Crippen MR) is 77.2 cm³/mol. The smallest absolute Gasteiger partial charge is 0.324 e. The summed E-state index contributed by atoms with van der Waals surface area (Å²) in [5.41, 5.74) is 5.08. The monoisotopic (exact) mass is 270 g/mol. The summed E-state index contributed by atoms with van der Waals surface area (Å²) >= 11 is 0. The van der Waals surface area contributed by atoms with E-state index in [4.69, 9.17) is 5.73 Å². The fourth-order valence-corrected chi connectivity index (χ4v) is 3.12. The van der Waals surface area contributed by atoms with Gasteiger partial charge in [0.1, 0.15) is 5.54 Å². The molecule has 5 nitrogen and oxygen atoms in total. The van der Waals surface area contributed by atoms with Crippen molar-refractivity contribution in [2.24, 2.45) is 17.6 Å². The molecule has 1 aliphatic rings. The van der Waals surface area contributed by atoms with E-state index in [9.17, 15) is 14.9 Å². The standard InChI is InChI=1S/C13H27BN2O3/c1-14(19)7-6-10-4-5-11(9-16(2)3)13(15,8-10)12(17)18/h10-11,19H,4-9,15H2,1-3H3,(H,17,18)/t10-,11-,13+/m0/s1. The minimum absolute atomic E-state index is 0.00259. The van der Waals surface area contributed by atoms with Gasteiger partial charge in [-0.1, -0.05) is 13.2 Å². The lowest BCUT2D eigenvalue weighted by Gasteiger charge is -2.42. The number of carbonyl (C=O) groups is 1. The molecule has 0 spiro atoms. The van der Waals surface area contributed by atoms with E-state index in [-0.39, 0.29) is 12.8 Å². The van der Waals surface area contributed by atoms with Crippen molar-refractivity contribution in [2.45, 2.75) is 44.4 Å². The zero-order valence-corrected chi connectivity index (χ0v) is 12.3. The fraction of sp³-hybridized carbons (Fsp3) is 0.923. The highest BCUT2D eigenvalue weighted by molar-refractivity contribution is 6.48. The average Bonchev–Trinajstić information content (AvgIpc) is 2.29. The molecular weight excluding hydrogens is 243 g/mol. The number of carboxylic acid groups (broad SMARTS) is 1. The summed E-state index contributed by atoms with van der Waals surface area (Å²) in [7, 11) is 3.89. The van der Waals surface area contributed by atoms with E-state index in [1.807, 2.05) is 19.0 Å². The lowest BCUT2D eigenvalue weighted by molar-refractivity contribution is -0.148. The van der Waals surface area contributed by atoms with Crippen molar-refractivity contribution in [2.75, 3.05) is 20.6 Å². The molecule has 1 fully saturated rings. The quantitative estimate of drug-likeness (QED) is 0.620. The highest BCUT2D eigenvalue weighted by Crippen LogP contribution is 2.38. The number of hydrogen-bond donors (Lipinski definition) is 3. The second kappa shape index (κ2) is 6.73. The van der Waals surface area contributed by atoms with E-state index in [0.29, 0.717) is 18.9 Å². The molecule has 0 saturated heterocycles. The minimum Gasteiger partial charge on any atom is -0.480 e. The third kappa shape index (κ3) is 4.47. The van der Waals surface area contributed by atoms with Gasteiger partial charge in [0.25, 0.3) is 6.92 Å². The third-order valence-corrected chi connectivity index (χ3v) is 4.25. The van der Waals surface area contributed by atoms with Crippen LogP contribution >= 0.6 is 0 Å². The molecule has 0 aromatic rings. The number of hydrogen-bond acceptors (Lipinski definition) is 4. The van der Waals surface area contributed by atoms with Crippen LogP contribution in [0.3, 0.4) is 0 Å². The molecular formula is C13H27BN2O3. The molecule has 1 rings (SSSR count). The molecule has 0 aromatic heterocycles. The van der Waals surface area contributed by atoms with Gasteiger partial charge in [0.2, 0.25) is 0 Å². The van der Waals surface area contributed by atoms with Gasteiger partial charge >= 0.3 is 5.97 Å². The molecule has 0 bridgehead atoms. The maximum Gasteiger partial charge on any atom is 0.324 e. The molecule has 0 unspecified atom stereocenters. The van der Waals surface area contributed by atoms with Gasteiger partial charge in [0, 0.05) is 12.5 Å². The molecule has 1 saturated carbocycles. The Hall–Kier alpha value is -0.585. The molecule has 0 amide bonds. The summed E-state index contributed by atoms with van der Waals surface area (Å²) in [6, 6.07) is 0.